The number of aryl methyl sites for hydroxylation is 1. The summed E-state index contributed by atoms with van der Waals surface area (Å²) in [5.41, 5.74) is 5.22. The van der Waals surface area contributed by atoms with Gasteiger partial charge in [0.15, 0.2) is 0 Å². The largest absolute Gasteiger partial charge is 0.361 e. The highest BCUT2D eigenvalue weighted by Gasteiger charge is 2.12. The number of aromatic amines is 1. The van der Waals surface area contributed by atoms with E-state index in [4.69, 9.17) is 16.9 Å². The van der Waals surface area contributed by atoms with Gasteiger partial charge in [0, 0.05) is 22.7 Å². The molecule has 0 bridgehead atoms. The normalized spacial score (nSPS) is 10.7. The summed E-state index contributed by atoms with van der Waals surface area (Å²) in [6.07, 6.45) is 2.22. The monoisotopic (exact) mass is 280 g/mol. The van der Waals surface area contributed by atoms with Crippen molar-refractivity contribution in [2.24, 2.45) is 0 Å². The van der Waals surface area contributed by atoms with Gasteiger partial charge < -0.3 is 4.98 Å². The molecule has 0 aliphatic rings. The Kier molecular flexibility index (Phi) is 3.22. The summed E-state index contributed by atoms with van der Waals surface area (Å²) in [6, 6.07) is 14.5. The molecule has 3 aromatic rings. The summed E-state index contributed by atoms with van der Waals surface area (Å²) in [5, 5.41) is 10.6. The minimum Gasteiger partial charge on any atom is -0.361 e. The van der Waals surface area contributed by atoms with E-state index in [0.29, 0.717) is 11.4 Å². The number of H-pyrrole nitrogens is 1. The van der Waals surface area contributed by atoms with Gasteiger partial charge in [-0.25, -0.2) is 0 Å². The summed E-state index contributed by atoms with van der Waals surface area (Å²) in [5.74, 6) is 0. The van der Waals surface area contributed by atoms with Crippen molar-refractivity contribution >= 4 is 22.5 Å². The third kappa shape index (κ3) is 2.07. The third-order valence-corrected chi connectivity index (χ3v) is 3.89. The van der Waals surface area contributed by atoms with E-state index in [1.54, 1.807) is 0 Å². The maximum absolute atomic E-state index is 8.90. The Morgan fingerprint density at radius 2 is 1.90 bits per heavy atom. The van der Waals surface area contributed by atoms with Gasteiger partial charge in [-0.3, -0.25) is 0 Å². The molecule has 1 aromatic heterocycles. The molecule has 0 saturated carbocycles. The molecule has 0 spiro atoms. The first-order valence-electron chi connectivity index (χ1n) is 6.43. The molecule has 1 heterocycles. The Bertz CT molecular complexity index is 807. The van der Waals surface area contributed by atoms with Gasteiger partial charge in [0.2, 0.25) is 0 Å². The first-order valence-corrected chi connectivity index (χ1v) is 6.81. The Morgan fingerprint density at radius 3 is 2.60 bits per heavy atom. The van der Waals surface area contributed by atoms with Crippen LogP contribution in [0.1, 0.15) is 11.1 Å². The minimum atomic E-state index is 0.358. The first-order chi connectivity index (χ1) is 9.70. The number of hydrogen-bond donors (Lipinski definition) is 1. The molecule has 0 aliphatic carbocycles. The Labute approximate surface area is 122 Å². The summed E-state index contributed by atoms with van der Waals surface area (Å²) in [6.45, 7) is 2.06. The number of nitrogens with one attached hydrogen (secondary N) is 1. The van der Waals surface area contributed by atoms with E-state index >= 15 is 0 Å². The molecule has 0 radical (unpaired) electrons. The van der Waals surface area contributed by atoms with Crippen molar-refractivity contribution in [1.29, 1.82) is 5.26 Å². The summed E-state index contributed by atoms with van der Waals surface area (Å²) in [7, 11) is 0. The Morgan fingerprint density at radius 1 is 1.15 bits per heavy atom. The highest BCUT2D eigenvalue weighted by atomic mass is 35.5. The highest BCUT2D eigenvalue weighted by Crippen LogP contribution is 2.36. The van der Waals surface area contributed by atoms with Crippen molar-refractivity contribution in [1.82, 2.24) is 4.98 Å². The molecule has 98 valence electrons. The summed E-state index contributed by atoms with van der Waals surface area (Å²) in [4.78, 5) is 3.17. The molecule has 2 aromatic carbocycles. The van der Waals surface area contributed by atoms with E-state index in [1.165, 1.54) is 5.56 Å². The van der Waals surface area contributed by atoms with Gasteiger partial charge in [0.05, 0.1) is 17.5 Å². The van der Waals surface area contributed by atoms with Crippen LogP contribution in [0.3, 0.4) is 0 Å². The van der Waals surface area contributed by atoms with E-state index < -0.39 is 0 Å². The fourth-order valence-corrected chi connectivity index (χ4v) is 2.82. The highest BCUT2D eigenvalue weighted by molar-refractivity contribution is 6.38. The van der Waals surface area contributed by atoms with E-state index in [1.807, 2.05) is 18.3 Å². The van der Waals surface area contributed by atoms with Gasteiger partial charge in [-0.15, -0.1) is 0 Å². The van der Waals surface area contributed by atoms with Crippen LogP contribution in [0.15, 0.2) is 42.6 Å². The van der Waals surface area contributed by atoms with Crippen molar-refractivity contribution in [3.05, 3.63) is 58.7 Å². The van der Waals surface area contributed by atoms with Crippen molar-refractivity contribution in [2.45, 2.75) is 13.3 Å². The third-order valence-electron chi connectivity index (χ3n) is 3.50. The van der Waals surface area contributed by atoms with Crippen LogP contribution < -0.4 is 0 Å². The topological polar surface area (TPSA) is 39.6 Å². The van der Waals surface area contributed by atoms with Crippen molar-refractivity contribution in [3.63, 3.8) is 0 Å². The first kappa shape index (κ1) is 12.8. The number of nitriles is 1. The molecule has 3 heteroatoms. The molecule has 3 rings (SSSR count). The number of hydrogen-bond acceptors (Lipinski definition) is 1. The number of benzene rings is 2. The molecule has 1 N–H and O–H groups in total. The predicted octanol–water partition coefficient (Wildman–Crippen LogP) is 4.86. The van der Waals surface area contributed by atoms with Gasteiger partial charge in [-0.2, -0.15) is 5.26 Å². The molecule has 0 amide bonds. The van der Waals surface area contributed by atoms with Crippen LogP contribution in [-0.2, 0) is 6.42 Å². The molecular formula is C17H13ClN2. The van der Waals surface area contributed by atoms with Gasteiger partial charge in [-0.05, 0) is 24.1 Å². The maximum Gasteiger partial charge on any atom is 0.0670 e. The summed E-state index contributed by atoms with van der Waals surface area (Å²) >= 11 is 6.57. The lowest BCUT2D eigenvalue weighted by molar-refractivity contribution is 1.28. The average molecular weight is 281 g/mol. The second-order valence-corrected chi connectivity index (χ2v) is 5.24. The predicted molar refractivity (Wildman–Crippen MR) is 82.8 cm³/mol. The number of aromatic nitrogens is 1. The maximum atomic E-state index is 8.90. The van der Waals surface area contributed by atoms with Crippen LogP contribution in [0.4, 0.5) is 0 Å². The quantitative estimate of drug-likeness (QED) is 0.715. The van der Waals surface area contributed by atoms with Crippen molar-refractivity contribution in [3.8, 4) is 17.2 Å². The van der Waals surface area contributed by atoms with Gasteiger partial charge >= 0.3 is 0 Å². The number of rotatable bonds is 2. The fraction of sp³-hybridized carbons (Fsp3) is 0.118. The van der Waals surface area contributed by atoms with E-state index in [0.717, 1.165) is 27.6 Å². The van der Waals surface area contributed by atoms with Gasteiger partial charge in [-0.1, -0.05) is 47.5 Å². The van der Waals surface area contributed by atoms with E-state index in [9.17, 15) is 0 Å². The van der Waals surface area contributed by atoms with Crippen LogP contribution in [-0.4, -0.2) is 4.98 Å². The molecule has 0 unspecified atom stereocenters. The van der Waals surface area contributed by atoms with Gasteiger partial charge in [0.1, 0.15) is 0 Å². The van der Waals surface area contributed by atoms with E-state index in [2.05, 4.69) is 42.2 Å². The van der Waals surface area contributed by atoms with Crippen molar-refractivity contribution < 1.29 is 0 Å². The van der Waals surface area contributed by atoms with Crippen LogP contribution in [0.5, 0.6) is 0 Å². The lowest BCUT2D eigenvalue weighted by atomic mass is 10.0. The van der Waals surface area contributed by atoms with Crippen molar-refractivity contribution in [2.75, 3.05) is 0 Å². The second-order valence-electron chi connectivity index (χ2n) is 4.86. The fourth-order valence-electron chi connectivity index (χ4n) is 2.43. The summed E-state index contributed by atoms with van der Waals surface area (Å²) < 4.78 is 0. The van der Waals surface area contributed by atoms with E-state index in [-0.39, 0.29) is 0 Å². The van der Waals surface area contributed by atoms with Crippen LogP contribution in [0.2, 0.25) is 5.02 Å². The zero-order valence-electron chi connectivity index (χ0n) is 11.1. The smallest absolute Gasteiger partial charge is 0.0670 e. The zero-order valence-corrected chi connectivity index (χ0v) is 11.8. The molecule has 0 aliphatic heterocycles. The molecular weight excluding hydrogens is 268 g/mol. The van der Waals surface area contributed by atoms with Gasteiger partial charge in [0.25, 0.3) is 0 Å². The second kappa shape index (κ2) is 5.03. The lowest BCUT2D eigenvalue weighted by Crippen LogP contribution is -1.84. The molecule has 0 saturated heterocycles. The molecule has 0 fully saturated rings. The standard InChI is InChI=1S/C17H13ClN2/c1-11-2-4-12(5-3-11)14-6-7-15-16(17(14)18)13(8-9-19)10-20-15/h2-7,10,20H,8H2,1H3. The Hall–Kier alpha value is -2.24. The number of halogens is 1. The molecule has 0 atom stereocenters. The minimum absolute atomic E-state index is 0.358. The number of fused-ring (bicyclic) bond motifs is 1. The molecule has 2 nitrogen and oxygen atoms in total. The SMILES string of the molecule is Cc1ccc(-c2ccc3[nH]cc(CC#N)c3c2Cl)cc1. The van der Waals surface area contributed by atoms with Crippen LogP contribution >= 0.6 is 11.6 Å². The average Bonchev–Trinajstić information content (AvgIpc) is 2.85. The Balaban J connectivity index is 2.22. The van der Waals surface area contributed by atoms with Crippen LogP contribution in [0.25, 0.3) is 22.0 Å². The lowest BCUT2D eigenvalue weighted by Gasteiger charge is -2.07. The zero-order chi connectivity index (χ0) is 14.1. The molecule has 20 heavy (non-hydrogen) atoms. The van der Waals surface area contributed by atoms with Crippen LogP contribution in [0, 0.1) is 18.3 Å². The number of nitrogens with zero attached hydrogens (tertiary/aromatic N) is 1.